The third-order valence-electron chi connectivity index (χ3n) is 4.90. The van der Waals surface area contributed by atoms with Gasteiger partial charge in [-0.2, -0.15) is 0 Å². The smallest absolute Gasteiger partial charge is 0.319 e. The van der Waals surface area contributed by atoms with Crippen LogP contribution in [-0.2, 0) is 4.79 Å². The Morgan fingerprint density at radius 2 is 1.79 bits per heavy atom. The topological polar surface area (TPSA) is 79.9 Å². The Labute approximate surface area is 164 Å². The molecule has 7 heteroatoms. The van der Waals surface area contributed by atoms with Crippen molar-refractivity contribution in [2.45, 2.75) is 26.3 Å². The Morgan fingerprint density at radius 3 is 2.46 bits per heavy atom. The predicted octanol–water partition coefficient (Wildman–Crippen LogP) is 3.25. The molecule has 1 aliphatic rings. The van der Waals surface area contributed by atoms with Crippen molar-refractivity contribution in [1.29, 1.82) is 0 Å². The van der Waals surface area contributed by atoms with Crippen molar-refractivity contribution in [3.05, 3.63) is 47.5 Å². The van der Waals surface area contributed by atoms with Crippen molar-refractivity contribution in [3.63, 3.8) is 0 Å². The molecule has 0 saturated carbocycles. The number of ether oxygens (including phenoxy) is 2. The zero-order chi connectivity index (χ0) is 20.3. The first-order valence-electron chi connectivity index (χ1n) is 9.08. The van der Waals surface area contributed by atoms with E-state index in [0.29, 0.717) is 23.7 Å². The fraction of sp³-hybridized carbons (Fsp3) is 0.333. The normalized spacial score (nSPS) is 16.1. The summed E-state index contributed by atoms with van der Waals surface area (Å²) in [4.78, 5) is 26.4. The number of methoxy groups -OCH3 is 2. The van der Waals surface area contributed by atoms with Gasteiger partial charge in [0.1, 0.15) is 0 Å². The lowest BCUT2D eigenvalue weighted by atomic mass is 10.1. The predicted molar refractivity (Wildman–Crippen MR) is 108 cm³/mol. The molecule has 2 N–H and O–H groups in total. The molecule has 0 aromatic heterocycles. The molecule has 0 aliphatic carbocycles. The molecule has 0 radical (unpaired) electrons. The SMILES string of the molecule is COc1ccc(N2C[C@H](NC(=O)Nc3ccc(C)c(C)c3)CC2=O)cc1OC. The van der Waals surface area contributed by atoms with E-state index in [1.54, 1.807) is 37.3 Å². The molecular formula is C21H25N3O4. The van der Waals surface area contributed by atoms with Crippen LogP contribution in [0.5, 0.6) is 11.5 Å². The number of urea groups is 1. The number of anilines is 2. The van der Waals surface area contributed by atoms with Gasteiger partial charge in [0.15, 0.2) is 11.5 Å². The highest BCUT2D eigenvalue weighted by Gasteiger charge is 2.32. The summed E-state index contributed by atoms with van der Waals surface area (Å²) in [5, 5.41) is 5.70. The average Bonchev–Trinajstić information content (AvgIpc) is 3.04. The first-order chi connectivity index (χ1) is 13.4. The van der Waals surface area contributed by atoms with Gasteiger partial charge in [0, 0.05) is 30.4 Å². The molecule has 0 bridgehead atoms. The first kappa shape index (κ1) is 19.5. The molecule has 2 aromatic rings. The number of nitrogens with zero attached hydrogens (tertiary/aromatic N) is 1. The maximum absolute atomic E-state index is 12.4. The number of carbonyl (C=O) groups excluding carboxylic acids is 2. The van der Waals surface area contributed by atoms with Crippen LogP contribution in [0.2, 0.25) is 0 Å². The minimum atomic E-state index is -0.324. The molecule has 1 saturated heterocycles. The molecule has 1 atom stereocenters. The fourth-order valence-corrected chi connectivity index (χ4v) is 3.22. The lowest BCUT2D eigenvalue weighted by Crippen LogP contribution is -2.39. The standard InChI is InChI=1S/C21H25N3O4/c1-13-5-6-15(9-14(13)2)22-21(26)23-16-10-20(25)24(12-16)17-7-8-18(27-3)19(11-17)28-4/h5-9,11,16H,10,12H2,1-4H3,(H2,22,23,26)/t16-/m1/s1. The summed E-state index contributed by atoms with van der Waals surface area (Å²) >= 11 is 0. The zero-order valence-corrected chi connectivity index (χ0v) is 16.5. The van der Waals surface area contributed by atoms with Crippen LogP contribution >= 0.6 is 0 Å². The van der Waals surface area contributed by atoms with Gasteiger partial charge in [0.05, 0.1) is 20.3 Å². The summed E-state index contributed by atoms with van der Waals surface area (Å²) in [6.45, 7) is 4.41. The van der Waals surface area contributed by atoms with Gasteiger partial charge in [-0.05, 0) is 49.2 Å². The highest BCUT2D eigenvalue weighted by Crippen LogP contribution is 2.33. The maximum Gasteiger partial charge on any atom is 0.319 e. The number of hydrogen-bond acceptors (Lipinski definition) is 4. The van der Waals surface area contributed by atoms with Gasteiger partial charge in [0.2, 0.25) is 5.91 Å². The highest BCUT2D eigenvalue weighted by atomic mass is 16.5. The molecule has 28 heavy (non-hydrogen) atoms. The van der Waals surface area contributed by atoms with E-state index < -0.39 is 0 Å². The molecule has 3 rings (SSSR count). The number of benzene rings is 2. The highest BCUT2D eigenvalue weighted by molar-refractivity contribution is 5.98. The third kappa shape index (κ3) is 4.19. The molecule has 1 aliphatic heterocycles. The Bertz CT molecular complexity index is 897. The lowest BCUT2D eigenvalue weighted by molar-refractivity contribution is -0.117. The van der Waals surface area contributed by atoms with E-state index in [0.717, 1.165) is 16.8 Å². The Kier molecular flexibility index (Phi) is 5.73. The van der Waals surface area contributed by atoms with Gasteiger partial charge < -0.3 is 25.0 Å². The van der Waals surface area contributed by atoms with Crippen molar-refractivity contribution in [3.8, 4) is 11.5 Å². The fourth-order valence-electron chi connectivity index (χ4n) is 3.22. The number of carbonyl (C=O) groups is 2. The number of aryl methyl sites for hydroxylation is 2. The first-order valence-corrected chi connectivity index (χ1v) is 9.08. The van der Waals surface area contributed by atoms with E-state index in [9.17, 15) is 9.59 Å². The van der Waals surface area contributed by atoms with Crippen LogP contribution in [0.3, 0.4) is 0 Å². The quantitative estimate of drug-likeness (QED) is 0.831. The summed E-state index contributed by atoms with van der Waals surface area (Å²) < 4.78 is 10.5. The molecule has 1 heterocycles. The molecule has 3 amide bonds. The van der Waals surface area contributed by atoms with Crippen LogP contribution in [0.25, 0.3) is 0 Å². The van der Waals surface area contributed by atoms with Crippen molar-refractivity contribution >= 4 is 23.3 Å². The second kappa shape index (κ2) is 8.21. The minimum absolute atomic E-state index is 0.0521. The van der Waals surface area contributed by atoms with E-state index in [2.05, 4.69) is 10.6 Å². The molecular weight excluding hydrogens is 358 g/mol. The zero-order valence-electron chi connectivity index (χ0n) is 16.5. The van der Waals surface area contributed by atoms with E-state index in [-0.39, 0.29) is 24.4 Å². The van der Waals surface area contributed by atoms with Crippen LogP contribution < -0.4 is 25.0 Å². The van der Waals surface area contributed by atoms with E-state index in [1.165, 1.54) is 0 Å². The third-order valence-corrected chi connectivity index (χ3v) is 4.90. The van der Waals surface area contributed by atoms with Gasteiger partial charge in [-0.3, -0.25) is 4.79 Å². The molecule has 0 unspecified atom stereocenters. The van der Waals surface area contributed by atoms with Gasteiger partial charge in [-0.15, -0.1) is 0 Å². The van der Waals surface area contributed by atoms with Crippen LogP contribution in [-0.4, -0.2) is 38.7 Å². The number of hydrogen-bond donors (Lipinski definition) is 2. The summed E-state index contributed by atoms with van der Waals surface area (Å²) in [5.74, 6) is 1.10. The van der Waals surface area contributed by atoms with Gasteiger partial charge in [-0.25, -0.2) is 4.79 Å². The summed E-state index contributed by atoms with van der Waals surface area (Å²) in [7, 11) is 3.11. The Morgan fingerprint density at radius 1 is 1.04 bits per heavy atom. The monoisotopic (exact) mass is 383 g/mol. The Balaban J connectivity index is 1.64. The number of rotatable bonds is 5. The van der Waals surface area contributed by atoms with Gasteiger partial charge >= 0.3 is 6.03 Å². The molecule has 1 fully saturated rings. The van der Waals surface area contributed by atoms with Crippen molar-refractivity contribution in [2.75, 3.05) is 31.0 Å². The second-order valence-corrected chi connectivity index (χ2v) is 6.84. The summed E-state index contributed by atoms with van der Waals surface area (Å²) in [6, 6.07) is 10.5. The van der Waals surface area contributed by atoms with Crippen LogP contribution in [0.4, 0.5) is 16.2 Å². The van der Waals surface area contributed by atoms with Crippen molar-refractivity contribution in [2.24, 2.45) is 0 Å². The Hall–Kier alpha value is -3.22. The summed E-state index contributed by atoms with van der Waals surface area (Å²) in [5.41, 5.74) is 3.70. The number of nitrogens with one attached hydrogen (secondary N) is 2. The minimum Gasteiger partial charge on any atom is -0.493 e. The van der Waals surface area contributed by atoms with Gasteiger partial charge in [-0.1, -0.05) is 6.07 Å². The molecule has 2 aromatic carbocycles. The van der Waals surface area contributed by atoms with Crippen LogP contribution in [0.15, 0.2) is 36.4 Å². The molecule has 7 nitrogen and oxygen atoms in total. The van der Waals surface area contributed by atoms with Crippen molar-refractivity contribution < 1.29 is 19.1 Å². The molecule has 0 spiro atoms. The second-order valence-electron chi connectivity index (χ2n) is 6.84. The van der Waals surface area contributed by atoms with Crippen molar-refractivity contribution in [1.82, 2.24) is 5.32 Å². The summed E-state index contributed by atoms with van der Waals surface area (Å²) in [6.07, 6.45) is 0.245. The average molecular weight is 383 g/mol. The van der Waals surface area contributed by atoms with Crippen LogP contribution in [0, 0.1) is 13.8 Å². The number of amides is 3. The molecule has 148 valence electrons. The van der Waals surface area contributed by atoms with E-state index in [4.69, 9.17) is 9.47 Å². The maximum atomic E-state index is 12.4. The lowest BCUT2D eigenvalue weighted by Gasteiger charge is -2.19. The largest absolute Gasteiger partial charge is 0.493 e. The van der Waals surface area contributed by atoms with E-state index >= 15 is 0 Å². The van der Waals surface area contributed by atoms with E-state index in [1.807, 2.05) is 32.0 Å². The van der Waals surface area contributed by atoms with Gasteiger partial charge in [0.25, 0.3) is 0 Å². The van der Waals surface area contributed by atoms with Crippen LogP contribution in [0.1, 0.15) is 17.5 Å².